The van der Waals surface area contributed by atoms with Crippen molar-refractivity contribution in [1.29, 1.82) is 0 Å². The van der Waals surface area contributed by atoms with Gasteiger partial charge < -0.3 is 9.64 Å². The molecule has 0 radical (unpaired) electrons. The Bertz CT molecular complexity index is 790. The average molecular weight is 340 g/mol. The fourth-order valence-electron chi connectivity index (χ4n) is 2.97. The number of ether oxygens (including phenoxy) is 1. The van der Waals surface area contributed by atoms with Gasteiger partial charge in [-0.25, -0.2) is 0 Å². The summed E-state index contributed by atoms with van der Waals surface area (Å²) in [5.74, 6) is 0.850. The third-order valence-corrected chi connectivity index (χ3v) is 4.39. The number of fused-ring (bicyclic) bond motifs is 1. The van der Waals surface area contributed by atoms with Gasteiger partial charge in [-0.2, -0.15) is 0 Å². The number of nitrogens with zero attached hydrogens (tertiary/aromatic N) is 2. The molecule has 6 nitrogen and oxygen atoms in total. The summed E-state index contributed by atoms with van der Waals surface area (Å²) < 4.78 is 5.78. The van der Waals surface area contributed by atoms with Gasteiger partial charge in [0.25, 0.3) is 5.69 Å². The Morgan fingerprint density at radius 1 is 1.28 bits per heavy atom. The smallest absolute Gasteiger partial charge is 0.269 e. The zero-order valence-electron chi connectivity index (χ0n) is 14.1. The highest BCUT2D eigenvalue weighted by atomic mass is 16.6. The Labute approximate surface area is 146 Å². The molecule has 0 spiro atoms. The number of non-ortho nitro benzene ring substituents is 1. The van der Waals surface area contributed by atoms with Crippen LogP contribution >= 0.6 is 0 Å². The number of carbonyl (C=O) groups excluding carboxylic acids is 1. The monoisotopic (exact) mass is 340 g/mol. The molecule has 6 heteroatoms. The molecule has 1 heterocycles. The predicted molar refractivity (Wildman–Crippen MR) is 93.4 cm³/mol. The summed E-state index contributed by atoms with van der Waals surface area (Å²) in [4.78, 5) is 25.0. The first-order valence-electron chi connectivity index (χ1n) is 8.28. The summed E-state index contributed by atoms with van der Waals surface area (Å²) in [6, 6.07) is 14.2. The minimum atomic E-state index is -0.420. The molecule has 1 amide bonds. The van der Waals surface area contributed by atoms with Crippen LogP contribution in [-0.2, 0) is 17.8 Å². The van der Waals surface area contributed by atoms with Crippen molar-refractivity contribution < 1.29 is 14.5 Å². The molecule has 0 aliphatic carbocycles. The molecule has 0 bridgehead atoms. The minimum Gasteiger partial charge on any atom is -0.491 e. The Morgan fingerprint density at radius 3 is 2.88 bits per heavy atom. The molecule has 0 aromatic heterocycles. The first-order chi connectivity index (χ1) is 12.0. The molecule has 25 heavy (non-hydrogen) atoms. The van der Waals surface area contributed by atoms with Gasteiger partial charge in [0, 0.05) is 30.7 Å². The number of aryl methyl sites for hydroxylation is 1. The second kappa shape index (κ2) is 7.34. The SMILES string of the molecule is C[C@H]1COc2ccccc2CN1C(=O)CCc1cccc([N+](=O)[O-])c1. The van der Waals surface area contributed by atoms with Crippen LogP contribution in [0.1, 0.15) is 24.5 Å². The minimum absolute atomic E-state index is 0.0231. The summed E-state index contributed by atoms with van der Waals surface area (Å²) in [7, 11) is 0. The van der Waals surface area contributed by atoms with Gasteiger partial charge in [0.2, 0.25) is 5.91 Å². The zero-order valence-corrected chi connectivity index (χ0v) is 14.1. The number of rotatable bonds is 4. The van der Waals surface area contributed by atoms with E-state index in [4.69, 9.17) is 4.74 Å². The molecule has 0 unspecified atom stereocenters. The number of carbonyl (C=O) groups is 1. The van der Waals surface area contributed by atoms with Crippen LogP contribution in [0.25, 0.3) is 0 Å². The third-order valence-electron chi connectivity index (χ3n) is 4.39. The van der Waals surface area contributed by atoms with E-state index >= 15 is 0 Å². The molecular weight excluding hydrogens is 320 g/mol. The van der Waals surface area contributed by atoms with E-state index in [0.29, 0.717) is 26.0 Å². The summed E-state index contributed by atoms with van der Waals surface area (Å²) in [5.41, 5.74) is 1.84. The van der Waals surface area contributed by atoms with E-state index in [2.05, 4.69) is 0 Å². The summed E-state index contributed by atoms with van der Waals surface area (Å²) in [5, 5.41) is 10.9. The van der Waals surface area contributed by atoms with Gasteiger partial charge in [-0.3, -0.25) is 14.9 Å². The second-order valence-electron chi connectivity index (χ2n) is 6.22. The highest BCUT2D eigenvalue weighted by Gasteiger charge is 2.25. The zero-order chi connectivity index (χ0) is 17.8. The molecular formula is C19H20N2O4. The van der Waals surface area contributed by atoms with Crippen LogP contribution < -0.4 is 4.74 Å². The van der Waals surface area contributed by atoms with Crippen LogP contribution in [0.5, 0.6) is 5.75 Å². The van der Waals surface area contributed by atoms with Crippen molar-refractivity contribution in [2.75, 3.05) is 6.61 Å². The van der Waals surface area contributed by atoms with Crippen molar-refractivity contribution in [2.45, 2.75) is 32.4 Å². The van der Waals surface area contributed by atoms with Gasteiger partial charge in [0.1, 0.15) is 12.4 Å². The third kappa shape index (κ3) is 3.96. The van der Waals surface area contributed by atoms with Gasteiger partial charge in [0.05, 0.1) is 11.0 Å². The topological polar surface area (TPSA) is 72.7 Å². The number of nitro benzene ring substituents is 1. The maximum atomic E-state index is 12.7. The molecule has 0 fully saturated rings. The molecule has 2 aromatic carbocycles. The van der Waals surface area contributed by atoms with Gasteiger partial charge in [-0.15, -0.1) is 0 Å². The number of hydrogen-bond acceptors (Lipinski definition) is 4. The van der Waals surface area contributed by atoms with E-state index in [9.17, 15) is 14.9 Å². The van der Waals surface area contributed by atoms with Crippen LogP contribution in [0.15, 0.2) is 48.5 Å². The lowest BCUT2D eigenvalue weighted by Gasteiger charge is -2.26. The number of nitro groups is 1. The number of hydrogen-bond donors (Lipinski definition) is 0. The summed E-state index contributed by atoms with van der Waals surface area (Å²) >= 11 is 0. The van der Waals surface area contributed by atoms with Crippen molar-refractivity contribution in [1.82, 2.24) is 4.90 Å². The molecule has 3 rings (SSSR count). The second-order valence-corrected chi connectivity index (χ2v) is 6.22. The Hall–Kier alpha value is -2.89. The molecule has 0 N–H and O–H groups in total. The summed E-state index contributed by atoms with van der Waals surface area (Å²) in [6.07, 6.45) is 0.792. The van der Waals surface area contributed by atoms with Crippen LogP contribution in [0.2, 0.25) is 0 Å². The number of para-hydroxylation sites is 1. The highest BCUT2D eigenvalue weighted by molar-refractivity contribution is 5.77. The molecule has 2 aromatic rings. The van der Waals surface area contributed by atoms with E-state index in [1.165, 1.54) is 12.1 Å². The average Bonchev–Trinajstić information content (AvgIpc) is 2.79. The lowest BCUT2D eigenvalue weighted by Crippen LogP contribution is -2.39. The fourth-order valence-corrected chi connectivity index (χ4v) is 2.97. The summed E-state index contributed by atoms with van der Waals surface area (Å²) in [6.45, 7) is 2.95. The van der Waals surface area contributed by atoms with Gasteiger partial charge in [-0.1, -0.05) is 30.3 Å². The van der Waals surface area contributed by atoms with Gasteiger partial charge in [0.15, 0.2) is 0 Å². The Kier molecular flexibility index (Phi) is 4.97. The quantitative estimate of drug-likeness (QED) is 0.632. The first kappa shape index (κ1) is 17.0. The molecule has 0 saturated carbocycles. The van der Waals surface area contributed by atoms with Crippen LogP contribution in [0.3, 0.4) is 0 Å². The van der Waals surface area contributed by atoms with Gasteiger partial charge >= 0.3 is 0 Å². The molecule has 130 valence electrons. The highest BCUT2D eigenvalue weighted by Crippen LogP contribution is 2.25. The predicted octanol–water partition coefficient (Wildman–Crippen LogP) is 3.34. The van der Waals surface area contributed by atoms with E-state index in [-0.39, 0.29) is 17.6 Å². The largest absolute Gasteiger partial charge is 0.491 e. The van der Waals surface area contributed by atoms with Crippen LogP contribution in [-0.4, -0.2) is 28.4 Å². The van der Waals surface area contributed by atoms with E-state index in [1.807, 2.05) is 42.2 Å². The van der Waals surface area contributed by atoms with E-state index in [1.54, 1.807) is 6.07 Å². The maximum absolute atomic E-state index is 12.7. The van der Waals surface area contributed by atoms with Crippen molar-refractivity contribution in [2.24, 2.45) is 0 Å². The van der Waals surface area contributed by atoms with Gasteiger partial charge in [-0.05, 0) is 25.0 Å². The lowest BCUT2D eigenvalue weighted by atomic mass is 10.1. The number of amides is 1. The van der Waals surface area contributed by atoms with E-state index < -0.39 is 4.92 Å². The molecule has 1 aliphatic rings. The van der Waals surface area contributed by atoms with Crippen molar-refractivity contribution in [3.63, 3.8) is 0 Å². The normalized spacial score (nSPS) is 16.5. The fraction of sp³-hybridized carbons (Fsp3) is 0.316. The standard InChI is InChI=1S/C19H20N2O4/c1-14-13-25-18-8-3-2-6-16(18)12-20(14)19(22)10-9-15-5-4-7-17(11-15)21(23)24/h2-8,11,14H,9-10,12-13H2,1H3/t14-/m0/s1. The molecule has 0 saturated heterocycles. The Balaban J connectivity index is 1.68. The number of benzene rings is 2. The molecule has 1 aliphatic heterocycles. The van der Waals surface area contributed by atoms with Crippen molar-refractivity contribution in [3.8, 4) is 5.75 Å². The van der Waals surface area contributed by atoms with Crippen LogP contribution in [0.4, 0.5) is 5.69 Å². The Morgan fingerprint density at radius 2 is 2.08 bits per heavy atom. The lowest BCUT2D eigenvalue weighted by molar-refractivity contribution is -0.384. The van der Waals surface area contributed by atoms with Crippen molar-refractivity contribution in [3.05, 3.63) is 69.8 Å². The molecule has 1 atom stereocenters. The van der Waals surface area contributed by atoms with Crippen molar-refractivity contribution >= 4 is 11.6 Å². The maximum Gasteiger partial charge on any atom is 0.269 e. The van der Waals surface area contributed by atoms with Crippen LogP contribution in [0, 0.1) is 10.1 Å². The first-order valence-corrected chi connectivity index (χ1v) is 8.28. The van der Waals surface area contributed by atoms with E-state index in [0.717, 1.165) is 16.9 Å².